The molecule has 5 amide bonds. The lowest BCUT2D eigenvalue weighted by atomic mass is 9.92. The maximum absolute atomic E-state index is 13.0. The van der Waals surface area contributed by atoms with Gasteiger partial charge in [-0.1, -0.05) is 87.6 Å². The summed E-state index contributed by atoms with van der Waals surface area (Å²) in [5.74, 6) is -0.476. The molecule has 350 valence electrons. The highest BCUT2D eigenvalue weighted by Gasteiger charge is 2.34. The van der Waals surface area contributed by atoms with Crippen molar-refractivity contribution < 1.29 is 38.6 Å². The molecule has 0 aromatic heterocycles. The van der Waals surface area contributed by atoms with E-state index < -0.39 is 23.4 Å². The standard InChI is InChI=1S/C20H28N2O3.C17H23NO3.C13H15NO2.2CH4/c1-20(2,3)25-19(24)22(6)18(23)17(13-21(4)5)16-12-11-14-9-7-8-10-15(14)16;1-17(2,3)21-16(20)18(4)15(19)11-13-10-9-12-7-5-6-8-14(12)13;1-14-13(16)12(8-15)11-7-6-9-4-2-3-5-10(9)11;;/h7-10,13,16H,11-12H2,1-6H3;5-8,13H,9-11H2,1-4H3;2-5,8,11,15H,6-7H2,1H3,(H,14,16);2*1H4/b17-13+;;12-8+;;. The summed E-state index contributed by atoms with van der Waals surface area (Å²) in [6.45, 7) is 10.7. The van der Waals surface area contributed by atoms with Gasteiger partial charge in [0.1, 0.15) is 11.2 Å². The Labute approximate surface area is 382 Å². The number of aliphatic hydroxyl groups excluding tert-OH is 1. The Morgan fingerprint density at radius 1 is 0.641 bits per heavy atom. The SMILES string of the molecule is C.C.CN(C(=O)CC1CCc2ccccc21)C(=O)OC(C)(C)C.CN(C)/C=C(/C(=O)N(C)C(=O)OC(C)(C)C)C1CCc2ccccc21.CNC(=O)/C(=C/O)C1CCc2ccccc21. The summed E-state index contributed by atoms with van der Waals surface area (Å²) in [6.07, 6.45) is 7.52. The zero-order chi connectivity index (χ0) is 45.9. The summed E-state index contributed by atoms with van der Waals surface area (Å²) in [5.41, 5.74) is 7.26. The maximum Gasteiger partial charge on any atom is 0.417 e. The first-order valence-corrected chi connectivity index (χ1v) is 21.3. The van der Waals surface area contributed by atoms with Crippen LogP contribution >= 0.6 is 0 Å². The van der Waals surface area contributed by atoms with E-state index in [9.17, 15) is 29.1 Å². The predicted octanol–water partition coefficient (Wildman–Crippen LogP) is 10.2. The zero-order valence-corrected chi connectivity index (χ0v) is 38.4. The number of amides is 5. The topological polar surface area (TPSA) is 146 Å². The second-order valence-corrected chi connectivity index (χ2v) is 18.2. The Hall–Kier alpha value is -5.91. The third-order valence-electron chi connectivity index (χ3n) is 11.0. The Balaban J connectivity index is 0.000000332. The number of rotatable bonds is 7. The van der Waals surface area contributed by atoms with E-state index in [1.165, 1.54) is 41.9 Å². The van der Waals surface area contributed by atoms with E-state index in [-0.39, 0.29) is 50.3 Å². The summed E-state index contributed by atoms with van der Waals surface area (Å²) in [4.78, 5) is 65.1. The Morgan fingerprint density at radius 2 is 1.05 bits per heavy atom. The van der Waals surface area contributed by atoms with Crippen molar-refractivity contribution in [3.05, 3.63) is 130 Å². The van der Waals surface area contributed by atoms with Crippen LogP contribution in [0.4, 0.5) is 9.59 Å². The van der Waals surface area contributed by atoms with Gasteiger partial charge in [0, 0.05) is 65.3 Å². The maximum atomic E-state index is 13.0. The lowest BCUT2D eigenvalue weighted by Gasteiger charge is -2.26. The average molecular weight is 883 g/mol. The van der Waals surface area contributed by atoms with E-state index >= 15 is 0 Å². The van der Waals surface area contributed by atoms with Crippen molar-refractivity contribution in [3.8, 4) is 0 Å². The van der Waals surface area contributed by atoms with E-state index in [0.717, 1.165) is 60.2 Å². The molecule has 3 aliphatic carbocycles. The van der Waals surface area contributed by atoms with Gasteiger partial charge in [-0.05, 0) is 119 Å². The number of fused-ring (bicyclic) bond motifs is 3. The van der Waals surface area contributed by atoms with Crippen molar-refractivity contribution in [2.45, 2.75) is 130 Å². The van der Waals surface area contributed by atoms with Crippen LogP contribution in [-0.2, 0) is 43.1 Å². The van der Waals surface area contributed by atoms with Crippen molar-refractivity contribution >= 4 is 29.9 Å². The minimum Gasteiger partial charge on any atom is -0.515 e. The second kappa shape index (κ2) is 23.7. The monoisotopic (exact) mass is 883 g/mol. The smallest absolute Gasteiger partial charge is 0.417 e. The minimum atomic E-state index is -0.642. The number of hydrogen-bond acceptors (Lipinski definition) is 9. The van der Waals surface area contributed by atoms with E-state index in [1.54, 1.807) is 48.6 Å². The van der Waals surface area contributed by atoms with Crippen LogP contribution in [0.1, 0.15) is 133 Å². The molecule has 3 atom stereocenters. The molecule has 0 aliphatic heterocycles. The molecule has 12 heteroatoms. The highest BCUT2D eigenvalue weighted by molar-refractivity contribution is 6.03. The minimum absolute atomic E-state index is 0. The Morgan fingerprint density at radius 3 is 1.48 bits per heavy atom. The van der Waals surface area contributed by atoms with Crippen LogP contribution in [0, 0.1) is 0 Å². The summed E-state index contributed by atoms with van der Waals surface area (Å²) in [6, 6.07) is 24.5. The number of benzene rings is 3. The highest BCUT2D eigenvalue weighted by Crippen LogP contribution is 2.40. The molecular formula is C52H74N4O8. The largest absolute Gasteiger partial charge is 0.515 e. The van der Waals surface area contributed by atoms with Crippen LogP contribution in [0.25, 0.3) is 0 Å². The molecule has 0 spiro atoms. The number of carbonyl (C=O) groups excluding carboxylic acids is 5. The van der Waals surface area contributed by atoms with Crippen molar-refractivity contribution in [2.75, 3.05) is 35.2 Å². The molecule has 3 aliphatic rings. The van der Waals surface area contributed by atoms with Crippen LogP contribution in [0.15, 0.2) is 96.4 Å². The lowest BCUT2D eigenvalue weighted by molar-refractivity contribution is -0.129. The van der Waals surface area contributed by atoms with Crippen molar-refractivity contribution in [1.82, 2.24) is 20.0 Å². The normalized spacial score (nSPS) is 17.1. The van der Waals surface area contributed by atoms with Gasteiger partial charge in [0.2, 0.25) is 5.91 Å². The van der Waals surface area contributed by atoms with Crippen molar-refractivity contribution in [2.24, 2.45) is 0 Å². The molecule has 3 aromatic rings. The lowest BCUT2D eigenvalue weighted by Crippen LogP contribution is -2.39. The van der Waals surface area contributed by atoms with Crippen LogP contribution in [0.5, 0.6) is 0 Å². The number of imide groups is 2. The van der Waals surface area contributed by atoms with Gasteiger partial charge >= 0.3 is 12.2 Å². The molecule has 6 rings (SSSR count). The van der Waals surface area contributed by atoms with Crippen molar-refractivity contribution in [3.63, 3.8) is 0 Å². The number of nitrogens with zero attached hydrogens (tertiary/aromatic N) is 3. The van der Waals surface area contributed by atoms with Crippen LogP contribution < -0.4 is 5.32 Å². The average Bonchev–Trinajstić information content (AvgIpc) is 3.96. The van der Waals surface area contributed by atoms with Gasteiger partial charge in [-0.3, -0.25) is 19.3 Å². The quantitative estimate of drug-likeness (QED) is 0.175. The molecule has 12 nitrogen and oxygen atoms in total. The predicted molar refractivity (Wildman–Crippen MR) is 255 cm³/mol. The molecule has 3 unspecified atom stereocenters. The first kappa shape index (κ1) is 54.2. The van der Waals surface area contributed by atoms with Gasteiger partial charge in [-0.2, -0.15) is 0 Å². The molecule has 3 aromatic carbocycles. The van der Waals surface area contributed by atoms with Gasteiger partial charge in [-0.25, -0.2) is 14.5 Å². The number of ether oxygens (including phenoxy) is 2. The summed E-state index contributed by atoms with van der Waals surface area (Å²) in [7, 11) is 8.29. The highest BCUT2D eigenvalue weighted by atomic mass is 16.6. The third kappa shape index (κ3) is 14.6. The number of carbonyl (C=O) groups is 5. The number of aryl methyl sites for hydroxylation is 3. The summed E-state index contributed by atoms with van der Waals surface area (Å²) >= 11 is 0. The van der Waals surface area contributed by atoms with Crippen LogP contribution in [0.2, 0.25) is 0 Å². The molecule has 0 fully saturated rings. The number of nitrogens with one attached hydrogen (secondary N) is 1. The van der Waals surface area contributed by atoms with Gasteiger partial charge in [0.15, 0.2) is 0 Å². The fourth-order valence-corrected chi connectivity index (χ4v) is 8.03. The summed E-state index contributed by atoms with van der Waals surface area (Å²) < 4.78 is 10.6. The molecule has 0 bridgehead atoms. The molecule has 0 saturated heterocycles. The van der Waals surface area contributed by atoms with Gasteiger partial charge in [-0.15, -0.1) is 0 Å². The van der Waals surface area contributed by atoms with Crippen LogP contribution in [-0.4, -0.2) is 96.2 Å². The van der Waals surface area contributed by atoms with E-state index in [4.69, 9.17) is 9.47 Å². The fraction of sp³-hybridized carbons (Fsp3) is 0.481. The molecule has 2 N–H and O–H groups in total. The number of aliphatic hydroxyl groups is 1. The summed E-state index contributed by atoms with van der Waals surface area (Å²) in [5, 5.41) is 11.7. The van der Waals surface area contributed by atoms with Crippen LogP contribution in [0.3, 0.4) is 0 Å². The Kier molecular flexibility index (Phi) is 20.1. The molecule has 0 heterocycles. The zero-order valence-electron chi connectivity index (χ0n) is 38.4. The molecular weight excluding hydrogens is 809 g/mol. The van der Waals surface area contributed by atoms with Gasteiger partial charge in [0.05, 0.1) is 11.8 Å². The van der Waals surface area contributed by atoms with E-state index in [2.05, 4.69) is 35.6 Å². The molecule has 0 saturated carbocycles. The van der Waals surface area contributed by atoms with Crippen molar-refractivity contribution in [1.29, 1.82) is 0 Å². The second-order valence-electron chi connectivity index (χ2n) is 18.2. The number of likely N-dealkylation sites (N-methyl/N-ethyl adjacent to an activating group) is 2. The van der Waals surface area contributed by atoms with Gasteiger partial charge in [0.25, 0.3) is 11.8 Å². The fourth-order valence-electron chi connectivity index (χ4n) is 8.03. The molecule has 64 heavy (non-hydrogen) atoms. The third-order valence-corrected chi connectivity index (χ3v) is 11.0. The van der Waals surface area contributed by atoms with E-state index in [0.29, 0.717) is 17.6 Å². The van der Waals surface area contributed by atoms with Gasteiger partial charge < -0.3 is 24.8 Å². The Bertz CT molecular complexity index is 2140. The van der Waals surface area contributed by atoms with E-state index in [1.807, 2.05) is 67.7 Å². The first-order chi connectivity index (χ1) is 29.1. The number of hydrogen-bond donors (Lipinski definition) is 2. The molecule has 0 radical (unpaired) electrons. The first-order valence-electron chi connectivity index (χ1n) is 21.3.